The molecule has 136 valence electrons. The number of fused-ring (bicyclic) bond motifs is 1. The van der Waals surface area contributed by atoms with E-state index in [1.807, 2.05) is 23.8 Å². The van der Waals surface area contributed by atoms with Crippen molar-refractivity contribution in [2.45, 2.75) is 6.92 Å². The van der Waals surface area contributed by atoms with Gasteiger partial charge in [0.15, 0.2) is 5.82 Å². The number of aryl methyl sites for hydroxylation is 1. The molecule has 0 saturated carbocycles. The van der Waals surface area contributed by atoms with Crippen LogP contribution in [0.4, 0.5) is 11.5 Å². The average molecular weight is 350 g/mol. The van der Waals surface area contributed by atoms with Crippen molar-refractivity contribution in [3.63, 3.8) is 0 Å². The lowest BCUT2D eigenvalue weighted by atomic mass is 10.2. The Hall–Kier alpha value is -2.60. The van der Waals surface area contributed by atoms with E-state index in [-0.39, 0.29) is 0 Å². The van der Waals surface area contributed by atoms with Gasteiger partial charge in [0.25, 0.3) is 0 Å². The molecule has 0 aliphatic carbocycles. The van der Waals surface area contributed by atoms with Crippen molar-refractivity contribution in [1.29, 1.82) is 0 Å². The fraction of sp³-hybridized carbons (Fsp3) is 0.400. The summed E-state index contributed by atoms with van der Waals surface area (Å²) >= 11 is 0. The van der Waals surface area contributed by atoms with Crippen LogP contribution in [0.2, 0.25) is 0 Å². The van der Waals surface area contributed by atoms with Crippen LogP contribution >= 0.6 is 0 Å². The smallest absolute Gasteiger partial charge is 0.154 e. The number of piperazine rings is 1. The van der Waals surface area contributed by atoms with E-state index < -0.39 is 0 Å². The predicted octanol–water partition coefficient (Wildman–Crippen LogP) is 2.30. The molecule has 1 aromatic carbocycles. The Morgan fingerprint density at radius 2 is 1.85 bits per heavy atom. The predicted molar refractivity (Wildman–Crippen MR) is 106 cm³/mol. The molecule has 0 spiro atoms. The molecule has 2 aromatic heterocycles. The molecule has 3 heterocycles. The summed E-state index contributed by atoms with van der Waals surface area (Å²) in [4.78, 5) is 11.8. The second-order valence-electron chi connectivity index (χ2n) is 6.95. The summed E-state index contributed by atoms with van der Waals surface area (Å²) in [5, 5.41) is 4.48. The highest BCUT2D eigenvalue weighted by Gasteiger charge is 2.18. The Labute approximate surface area is 154 Å². The summed E-state index contributed by atoms with van der Waals surface area (Å²) in [6.07, 6.45) is 3.73. The van der Waals surface area contributed by atoms with Crippen molar-refractivity contribution in [1.82, 2.24) is 19.5 Å². The highest BCUT2D eigenvalue weighted by molar-refractivity contribution is 5.68. The monoisotopic (exact) mass is 350 g/mol. The minimum absolute atomic E-state index is 0.961. The van der Waals surface area contributed by atoms with Crippen LogP contribution in [0.15, 0.2) is 48.8 Å². The van der Waals surface area contributed by atoms with Gasteiger partial charge in [-0.1, -0.05) is 18.2 Å². The number of hydrogen-bond acceptors (Lipinski definition) is 5. The van der Waals surface area contributed by atoms with Gasteiger partial charge in [0.1, 0.15) is 5.52 Å². The molecule has 1 aliphatic heterocycles. The molecule has 3 aromatic rings. The van der Waals surface area contributed by atoms with E-state index in [0.717, 1.165) is 56.3 Å². The number of hydrogen-bond donors (Lipinski definition) is 0. The number of likely N-dealkylation sites (N-methyl/N-ethyl adjacent to an activating group) is 1. The van der Waals surface area contributed by atoms with E-state index in [4.69, 9.17) is 0 Å². The standard InChI is InChI=1S/C20H26N6/c1-17-16-19-20(21-8-9-26(19)22-17)23(2)10-11-24-12-14-25(15-13-24)18-6-4-3-5-7-18/h3-9,16H,10-15H2,1-2H3. The third-order valence-electron chi connectivity index (χ3n) is 5.10. The minimum Gasteiger partial charge on any atom is -0.369 e. The van der Waals surface area contributed by atoms with Gasteiger partial charge in [-0.2, -0.15) is 5.10 Å². The highest BCUT2D eigenvalue weighted by atomic mass is 15.3. The SMILES string of the molecule is Cc1cc2c(N(C)CCN3CCN(c4ccccc4)CC3)nccn2n1. The fourth-order valence-electron chi connectivity index (χ4n) is 3.59. The van der Waals surface area contributed by atoms with Crippen molar-refractivity contribution in [3.8, 4) is 0 Å². The molecule has 0 amide bonds. The van der Waals surface area contributed by atoms with Gasteiger partial charge < -0.3 is 9.80 Å². The van der Waals surface area contributed by atoms with Crippen molar-refractivity contribution in [2.75, 3.05) is 56.1 Å². The third kappa shape index (κ3) is 3.51. The Morgan fingerprint density at radius 3 is 2.62 bits per heavy atom. The van der Waals surface area contributed by atoms with Crippen LogP contribution < -0.4 is 9.80 Å². The number of anilines is 2. The molecule has 0 unspecified atom stereocenters. The summed E-state index contributed by atoms with van der Waals surface area (Å²) < 4.78 is 1.91. The van der Waals surface area contributed by atoms with Gasteiger partial charge in [0, 0.05) is 64.4 Å². The summed E-state index contributed by atoms with van der Waals surface area (Å²) in [5.41, 5.74) is 3.42. The van der Waals surface area contributed by atoms with Gasteiger partial charge in [-0.15, -0.1) is 0 Å². The maximum atomic E-state index is 4.57. The van der Waals surface area contributed by atoms with E-state index in [0.29, 0.717) is 0 Å². The number of nitrogens with zero attached hydrogens (tertiary/aromatic N) is 6. The first-order chi connectivity index (χ1) is 12.7. The maximum absolute atomic E-state index is 4.57. The van der Waals surface area contributed by atoms with Crippen LogP contribution in [-0.2, 0) is 0 Å². The summed E-state index contributed by atoms with van der Waals surface area (Å²) in [6.45, 7) is 8.41. The Balaban J connectivity index is 1.33. The second kappa shape index (κ2) is 7.33. The number of para-hydroxylation sites is 1. The molecule has 4 rings (SSSR count). The first-order valence-corrected chi connectivity index (χ1v) is 9.25. The van der Waals surface area contributed by atoms with Crippen molar-refractivity contribution in [3.05, 3.63) is 54.5 Å². The lowest BCUT2D eigenvalue weighted by Crippen LogP contribution is -2.48. The van der Waals surface area contributed by atoms with Gasteiger partial charge in [-0.3, -0.25) is 4.90 Å². The summed E-state index contributed by atoms with van der Waals surface area (Å²) in [6, 6.07) is 12.8. The topological polar surface area (TPSA) is 39.9 Å². The van der Waals surface area contributed by atoms with Gasteiger partial charge in [-0.05, 0) is 25.1 Å². The average Bonchev–Trinajstić information content (AvgIpc) is 3.07. The van der Waals surface area contributed by atoms with Crippen LogP contribution in [0.3, 0.4) is 0 Å². The molecule has 1 aliphatic rings. The van der Waals surface area contributed by atoms with E-state index in [1.165, 1.54) is 5.69 Å². The van der Waals surface area contributed by atoms with E-state index >= 15 is 0 Å². The Kier molecular flexibility index (Phi) is 4.75. The molecule has 6 heteroatoms. The van der Waals surface area contributed by atoms with Gasteiger partial charge in [0.2, 0.25) is 0 Å². The van der Waals surface area contributed by atoms with Crippen LogP contribution in [-0.4, -0.2) is 65.8 Å². The number of aromatic nitrogens is 3. The van der Waals surface area contributed by atoms with Crippen LogP contribution in [0.5, 0.6) is 0 Å². The molecule has 1 saturated heterocycles. The molecule has 1 fully saturated rings. The van der Waals surface area contributed by atoms with Crippen LogP contribution in [0.1, 0.15) is 5.69 Å². The van der Waals surface area contributed by atoms with Crippen molar-refractivity contribution < 1.29 is 0 Å². The highest BCUT2D eigenvalue weighted by Crippen LogP contribution is 2.19. The zero-order valence-corrected chi connectivity index (χ0v) is 15.5. The quantitative estimate of drug-likeness (QED) is 0.706. The third-order valence-corrected chi connectivity index (χ3v) is 5.10. The zero-order valence-electron chi connectivity index (χ0n) is 15.5. The van der Waals surface area contributed by atoms with Gasteiger partial charge in [0.05, 0.1) is 5.69 Å². The van der Waals surface area contributed by atoms with E-state index in [2.05, 4.69) is 68.2 Å². The zero-order chi connectivity index (χ0) is 17.9. The van der Waals surface area contributed by atoms with E-state index in [1.54, 1.807) is 0 Å². The number of benzene rings is 1. The number of rotatable bonds is 5. The van der Waals surface area contributed by atoms with Gasteiger partial charge >= 0.3 is 0 Å². The molecule has 0 radical (unpaired) electrons. The Morgan fingerprint density at radius 1 is 1.08 bits per heavy atom. The summed E-state index contributed by atoms with van der Waals surface area (Å²) in [5.74, 6) is 0.996. The molecule has 0 N–H and O–H groups in total. The molecule has 6 nitrogen and oxygen atoms in total. The second-order valence-corrected chi connectivity index (χ2v) is 6.95. The van der Waals surface area contributed by atoms with E-state index in [9.17, 15) is 0 Å². The van der Waals surface area contributed by atoms with Crippen LogP contribution in [0.25, 0.3) is 5.52 Å². The molecular formula is C20H26N6. The molecule has 26 heavy (non-hydrogen) atoms. The molecule has 0 atom stereocenters. The maximum Gasteiger partial charge on any atom is 0.154 e. The van der Waals surface area contributed by atoms with Gasteiger partial charge in [-0.25, -0.2) is 9.50 Å². The molecular weight excluding hydrogens is 324 g/mol. The summed E-state index contributed by atoms with van der Waals surface area (Å²) in [7, 11) is 2.12. The largest absolute Gasteiger partial charge is 0.369 e. The lowest BCUT2D eigenvalue weighted by molar-refractivity contribution is 0.263. The minimum atomic E-state index is 0.961. The first kappa shape index (κ1) is 16.8. The molecule has 0 bridgehead atoms. The van der Waals surface area contributed by atoms with Crippen molar-refractivity contribution >= 4 is 17.0 Å². The normalized spacial score (nSPS) is 15.5. The van der Waals surface area contributed by atoms with Crippen molar-refractivity contribution in [2.24, 2.45) is 0 Å². The van der Waals surface area contributed by atoms with Crippen LogP contribution in [0, 0.1) is 6.92 Å². The Bertz CT molecular complexity index is 851. The lowest BCUT2D eigenvalue weighted by Gasteiger charge is -2.36. The fourth-order valence-corrected chi connectivity index (χ4v) is 3.59. The first-order valence-electron chi connectivity index (χ1n) is 9.25.